The smallest absolute Gasteiger partial charge is 0.326 e. The highest BCUT2D eigenvalue weighted by atomic mass is 16.4. The molecule has 7 heteroatoms. The summed E-state index contributed by atoms with van der Waals surface area (Å²) in [6.07, 6.45) is 0.523. The van der Waals surface area contributed by atoms with Crippen LogP contribution in [0, 0.1) is 5.41 Å². The van der Waals surface area contributed by atoms with Crippen molar-refractivity contribution in [3.63, 3.8) is 0 Å². The van der Waals surface area contributed by atoms with Gasteiger partial charge >= 0.3 is 5.97 Å². The van der Waals surface area contributed by atoms with Gasteiger partial charge in [-0.15, -0.1) is 0 Å². The van der Waals surface area contributed by atoms with Crippen LogP contribution in [0.2, 0.25) is 0 Å². The van der Waals surface area contributed by atoms with Gasteiger partial charge in [-0.3, -0.25) is 9.59 Å². The fourth-order valence-electron chi connectivity index (χ4n) is 1.79. The highest BCUT2D eigenvalue weighted by Crippen LogP contribution is 2.07. The van der Waals surface area contributed by atoms with Crippen LogP contribution in [0.25, 0.3) is 0 Å². The van der Waals surface area contributed by atoms with E-state index in [2.05, 4.69) is 5.32 Å². The van der Waals surface area contributed by atoms with Gasteiger partial charge in [0.1, 0.15) is 6.04 Å². The first-order valence-corrected chi connectivity index (χ1v) is 6.37. The first kappa shape index (κ1) is 16.6. The lowest BCUT2D eigenvalue weighted by molar-refractivity contribution is -0.139. The Morgan fingerprint density at radius 3 is 2.38 bits per heavy atom. The van der Waals surface area contributed by atoms with E-state index < -0.39 is 17.8 Å². The average Bonchev–Trinajstić information content (AvgIpc) is 2.45. The molecule has 0 aliphatic heterocycles. The van der Waals surface area contributed by atoms with Crippen molar-refractivity contribution >= 4 is 31.1 Å². The van der Waals surface area contributed by atoms with Gasteiger partial charge in [0.25, 0.3) is 0 Å². The largest absolute Gasteiger partial charge is 0.480 e. The van der Waals surface area contributed by atoms with Crippen molar-refractivity contribution in [2.45, 2.75) is 25.3 Å². The summed E-state index contributed by atoms with van der Waals surface area (Å²) >= 11 is 0. The third-order valence-electron chi connectivity index (χ3n) is 2.84. The molecule has 0 bridgehead atoms. The molecule has 3 N–H and O–H groups in total. The standard InChI is InChI=1S/C14H15BN2O4/c15-14(21)17-11(13(19)20)8-4-7-10(16)12(18)9-5-2-1-3-6-9/h1-3,5-6,11,16H,4,7-8H2,(H,17,21)(H,19,20)/t11-/m0/s1. The molecule has 0 unspecified atom stereocenters. The summed E-state index contributed by atoms with van der Waals surface area (Å²) in [6.45, 7) is 0. The number of hydrogen-bond donors (Lipinski definition) is 3. The van der Waals surface area contributed by atoms with Gasteiger partial charge in [-0.1, -0.05) is 30.3 Å². The Morgan fingerprint density at radius 1 is 1.24 bits per heavy atom. The van der Waals surface area contributed by atoms with Gasteiger partial charge in [0.15, 0.2) is 5.81 Å². The van der Waals surface area contributed by atoms with Crippen molar-refractivity contribution in [1.29, 1.82) is 5.41 Å². The van der Waals surface area contributed by atoms with Gasteiger partial charge < -0.3 is 15.8 Å². The molecule has 1 atom stereocenters. The molecule has 1 aromatic carbocycles. The Bertz CT molecular complexity index is 545. The van der Waals surface area contributed by atoms with E-state index in [1.54, 1.807) is 30.3 Å². The van der Waals surface area contributed by atoms with Gasteiger partial charge in [-0.05, 0) is 19.3 Å². The molecule has 1 aromatic rings. The number of aliphatic carboxylic acids is 1. The predicted octanol–water partition coefficient (Wildman–Crippen LogP) is 1.39. The number of Topliss-reactive ketones (excluding diaryl/α,β-unsaturated/α-hetero) is 1. The first-order chi connectivity index (χ1) is 9.91. The summed E-state index contributed by atoms with van der Waals surface area (Å²) < 4.78 is 0. The van der Waals surface area contributed by atoms with Crippen molar-refractivity contribution in [2.24, 2.45) is 0 Å². The summed E-state index contributed by atoms with van der Waals surface area (Å²) in [4.78, 5) is 33.4. The fraction of sp³-hybridized carbons (Fsp3) is 0.286. The molecule has 1 amide bonds. The Labute approximate surface area is 123 Å². The van der Waals surface area contributed by atoms with Crippen LogP contribution >= 0.6 is 0 Å². The van der Waals surface area contributed by atoms with E-state index in [0.717, 1.165) is 0 Å². The average molecular weight is 286 g/mol. The predicted molar refractivity (Wildman–Crippen MR) is 78.1 cm³/mol. The molecular formula is C14H15BN2O4. The number of carbonyl (C=O) groups is 3. The number of carboxylic acids is 1. The van der Waals surface area contributed by atoms with Crippen LogP contribution in [0.15, 0.2) is 30.3 Å². The normalized spacial score (nSPS) is 11.4. The molecule has 0 saturated heterocycles. The molecule has 0 heterocycles. The minimum atomic E-state index is -1.20. The molecular weight excluding hydrogens is 271 g/mol. The number of carboxylic acid groups (broad SMARTS) is 1. The maximum Gasteiger partial charge on any atom is 0.326 e. The van der Waals surface area contributed by atoms with Gasteiger partial charge in [-0.2, -0.15) is 0 Å². The SMILES string of the molecule is [B]C(=O)N[C@@H](CCCC(=N)C(=O)c1ccccc1)C(=O)O. The lowest BCUT2D eigenvalue weighted by Crippen LogP contribution is -2.40. The van der Waals surface area contributed by atoms with Crippen molar-refractivity contribution in [3.8, 4) is 0 Å². The van der Waals surface area contributed by atoms with E-state index in [0.29, 0.717) is 5.56 Å². The first-order valence-electron chi connectivity index (χ1n) is 6.37. The van der Waals surface area contributed by atoms with E-state index >= 15 is 0 Å². The number of carbonyl (C=O) groups excluding carboxylic acids is 2. The Hall–Kier alpha value is -2.44. The second kappa shape index (κ2) is 7.99. The van der Waals surface area contributed by atoms with E-state index in [1.165, 1.54) is 0 Å². The Balaban J connectivity index is 2.47. The van der Waals surface area contributed by atoms with Crippen LogP contribution in [0.3, 0.4) is 0 Å². The minimum Gasteiger partial charge on any atom is -0.480 e. The highest BCUT2D eigenvalue weighted by molar-refractivity contribution is 6.57. The molecule has 0 aliphatic carbocycles. The molecule has 0 fully saturated rings. The van der Waals surface area contributed by atoms with E-state index in [-0.39, 0.29) is 30.8 Å². The van der Waals surface area contributed by atoms with Crippen LogP contribution in [0.1, 0.15) is 29.6 Å². The van der Waals surface area contributed by atoms with Gasteiger partial charge in [0.05, 0.1) is 5.71 Å². The van der Waals surface area contributed by atoms with Crippen molar-refractivity contribution in [1.82, 2.24) is 5.32 Å². The molecule has 21 heavy (non-hydrogen) atoms. The van der Waals surface area contributed by atoms with Gasteiger partial charge in [-0.25, -0.2) is 4.79 Å². The van der Waals surface area contributed by atoms with Gasteiger partial charge in [0, 0.05) is 5.56 Å². The Kier molecular flexibility index (Phi) is 6.32. The topological polar surface area (TPSA) is 107 Å². The lowest BCUT2D eigenvalue weighted by Gasteiger charge is -2.13. The van der Waals surface area contributed by atoms with E-state index in [9.17, 15) is 14.4 Å². The summed E-state index contributed by atoms with van der Waals surface area (Å²) in [5.74, 6) is -2.50. The minimum absolute atomic E-state index is 0.0931. The zero-order chi connectivity index (χ0) is 15.8. The highest BCUT2D eigenvalue weighted by Gasteiger charge is 2.19. The van der Waals surface area contributed by atoms with Crippen molar-refractivity contribution < 1.29 is 19.5 Å². The summed E-state index contributed by atoms with van der Waals surface area (Å²) in [5.41, 5.74) is 0.331. The quantitative estimate of drug-likeness (QED) is 0.381. The van der Waals surface area contributed by atoms with Crippen molar-refractivity contribution in [2.75, 3.05) is 0 Å². The van der Waals surface area contributed by atoms with Crippen LogP contribution in [-0.2, 0) is 4.79 Å². The fourth-order valence-corrected chi connectivity index (χ4v) is 1.79. The lowest BCUT2D eigenvalue weighted by atomic mass is 10.0. The zero-order valence-electron chi connectivity index (χ0n) is 11.3. The maximum atomic E-state index is 11.9. The summed E-state index contributed by atoms with van der Waals surface area (Å²) in [6, 6.07) is 7.31. The van der Waals surface area contributed by atoms with Crippen molar-refractivity contribution in [3.05, 3.63) is 35.9 Å². The second-order valence-electron chi connectivity index (χ2n) is 4.47. The van der Waals surface area contributed by atoms with Crippen LogP contribution < -0.4 is 5.32 Å². The van der Waals surface area contributed by atoms with Crippen LogP contribution in [0.5, 0.6) is 0 Å². The monoisotopic (exact) mass is 286 g/mol. The molecule has 2 radical (unpaired) electrons. The Morgan fingerprint density at radius 2 is 1.86 bits per heavy atom. The molecule has 6 nitrogen and oxygen atoms in total. The molecule has 1 rings (SSSR count). The van der Waals surface area contributed by atoms with Gasteiger partial charge in [0.2, 0.25) is 13.6 Å². The summed E-state index contributed by atoms with van der Waals surface area (Å²) in [7, 11) is 4.88. The number of benzene rings is 1. The summed E-state index contributed by atoms with van der Waals surface area (Å²) in [5, 5.41) is 18.7. The molecule has 0 spiro atoms. The zero-order valence-corrected chi connectivity index (χ0v) is 11.3. The number of hydrogen-bond acceptors (Lipinski definition) is 4. The number of rotatable bonds is 8. The van der Waals surface area contributed by atoms with E-state index in [4.69, 9.17) is 18.4 Å². The molecule has 0 saturated carbocycles. The number of amides is 1. The second-order valence-corrected chi connectivity index (χ2v) is 4.47. The van der Waals surface area contributed by atoms with E-state index in [1.807, 2.05) is 0 Å². The maximum absolute atomic E-state index is 11.9. The molecule has 108 valence electrons. The van der Waals surface area contributed by atoms with Crippen LogP contribution in [-0.4, -0.2) is 42.3 Å². The number of ketones is 1. The third-order valence-corrected chi connectivity index (χ3v) is 2.84. The molecule has 0 aliphatic rings. The number of nitrogens with one attached hydrogen (secondary N) is 2. The molecule has 0 aromatic heterocycles. The third kappa shape index (κ3) is 5.60. The van der Waals surface area contributed by atoms with Crippen LogP contribution in [0.4, 0.5) is 4.79 Å².